The van der Waals surface area contributed by atoms with Crippen molar-refractivity contribution >= 4 is 23.0 Å². The monoisotopic (exact) mass is 992 g/mol. The van der Waals surface area contributed by atoms with Gasteiger partial charge in [0, 0.05) is 29.1 Å². The van der Waals surface area contributed by atoms with E-state index in [4.69, 9.17) is 29.0 Å². The first-order valence-corrected chi connectivity index (χ1v) is 18.0. The summed E-state index contributed by atoms with van der Waals surface area (Å²) in [6.07, 6.45) is -5.55. The number of alkyl halides is 10. The zero-order valence-electron chi connectivity index (χ0n) is 33.8. The summed E-state index contributed by atoms with van der Waals surface area (Å²) in [6, 6.07) is 13.4. The molecule has 0 amide bonds. The molecule has 15 nitrogen and oxygen atoms in total. The van der Waals surface area contributed by atoms with Gasteiger partial charge in [-0.2, -0.15) is 54.1 Å². The Morgan fingerprint density at radius 3 is 1.36 bits per heavy atom. The topological polar surface area (TPSA) is 195 Å². The molecule has 6 aromatic rings. The van der Waals surface area contributed by atoms with E-state index in [0.717, 1.165) is 24.8 Å². The Morgan fingerprint density at radius 2 is 1.02 bits per heavy atom. The summed E-state index contributed by atoms with van der Waals surface area (Å²) in [5.41, 5.74) is -1.72. The van der Waals surface area contributed by atoms with Crippen LogP contribution >= 0.6 is 15.9 Å². The third-order valence-electron chi connectivity index (χ3n) is 7.80. The Kier molecular flexibility index (Phi) is 20.9. The minimum absolute atomic E-state index is 0. The maximum atomic E-state index is 13.2. The molecule has 0 aliphatic rings. The molecule has 3 N–H and O–H groups in total. The molecule has 4 heterocycles. The summed E-state index contributed by atoms with van der Waals surface area (Å²) < 4.78 is 152. The third kappa shape index (κ3) is 15.0. The Hall–Kier alpha value is -5.06. The number of ether oxygens (including phenoxy) is 4. The molecule has 4 aromatic heterocycles. The Morgan fingerprint density at radius 1 is 0.656 bits per heavy atom. The van der Waals surface area contributed by atoms with E-state index in [2.05, 4.69) is 46.5 Å². The summed E-state index contributed by atoms with van der Waals surface area (Å²) in [5.74, 6) is 0.698. The van der Waals surface area contributed by atoms with E-state index in [1.807, 2.05) is 0 Å². The minimum Gasteiger partial charge on any atom is -0.870 e. The summed E-state index contributed by atoms with van der Waals surface area (Å²) in [4.78, 5) is 0. The van der Waals surface area contributed by atoms with Crippen LogP contribution in [0.1, 0.15) is 41.2 Å². The molecule has 0 radical (unpaired) electrons. The maximum absolute atomic E-state index is 13.2. The van der Waals surface area contributed by atoms with Gasteiger partial charge in [0.25, 0.3) is 0 Å². The van der Waals surface area contributed by atoms with E-state index < -0.39 is 48.4 Å². The number of nitrogens with zero attached hydrogens (tertiary/aromatic N) is 8. The number of hydrogen-bond donors (Lipinski definition) is 2. The van der Waals surface area contributed by atoms with Crippen molar-refractivity contribution in [3.8, 4) is 45.5 Å². The van der Waals surface area contributed by atoms with Crippen LogP contribution in [0.5, 0.6) is 23.0 Å². The summed E-state index contributed by atoms with van der Waals surface area (Å²) in [7, 11) is 1.83. The van der Waals surface area contributed by atoms with Gasteiger partial charge in [0.1, 0.15) is 36.1 Å². The van der Waals surface area contributed by atoms with E-state index in [1.165, 1.54) is 28.0 Å². The molecule has 340 valence electrons. The standard InChI is InChI=1S/C18H15F5N4O2.C17H12BrF5N4O2.CH5BO2.Na.H2O/c1-10-15(29-9-11-3-5-13(28-2)6-4-11)14(25-26-16(10)18(21,22)23)12-7-24-27(8-12)17(19)20;1-28-11-4-2-9(3-5-11)8-29-14-12(18)15(17(21,22)23)26-25-13(14)10-6-24-27(7-10)16(19)20;1-2(3)4;;/h3-8,17H,9H2,1-2H3;2-7,16H,8H2,1H3;3-4H,1H3;;1H2/q;;;+1;/p-1. The molecule has 0 fully saturated rings. The second-order valence-electron chi connectivity index (χ2n) is 12.3. The Labute approximate surface area is 387 Å². The van der Waals surface area contributed by atoms with Crippen LogP contribution in [0.15, 0.2) is 77.8 Å². The van der Waals surface area contributed by atoms with E-state index in [0.29, 0.717) is 32.0 Å². The smallest absolute Gasteiger partial charge is 0.870 e. The largest absolute Gasteiger partial charge is 1.00 e. The molecule has 0 atom stereocenters. The van der Waals surface area contributed by atoms with Crippen molar-refractivity contribution in [2.75, 3.05) is 14.2 Å². The van der Waals surface area contributed by atoms with Gasteiger partial charge in [-0.25, -0.2) is 9.36 Å². The quantitative estimate of drug-likeness (QED) is 0.113. The molecule has 0 saturated carbocycles. The van der Waals surface area contributed by atoms with Gasteiger partial charge in [-0.15, -0.1) is 20.4 Å². The summed E-state index contributed by atoms with van der Waals surface area (Å²) in [6.45, 7) is -3.55. The van der Waals surface area contributed by atoms with Gasteiger partial charge >= 0.3 is 62.1 Å². The van der Waals surface area contributed by atoms with Gasteiger partial charge in [-0.05, 0) is 65.1 Å². The number of aromatic nitrogens is 8. The molecular weight excluding hydrogens is 960 g/mol. The van der Waals surface area contributed by atoms with Crippen LogP contribution in [0.25, 0.3) is 22.5 Å². The fraction of sp³-hybridized carbons (Fsp3) is 0.278. The van der Waals surface area contributed by atoms with Crippen molar-refractivity contribution in [1.82, 2.24) is 40.0 Å². The first-order valence-electron chi connectivity index (χ1n) is 17.2. The predicted molar refractivity (Wildman–Crippen MR) is 204 cm³/mol. The molecule has 2 aromatic carbocycles. The van der Waals surface area contributed by atoms with Gasteiger partial charge in [0.05, 0.1) is 31.1 Å². The SMILES string of the molecule is CB(O)O.COc1ccc(COc2c(-c3cnn(C(F)F)c3)nnc(C(F)(F)F)c2Br)cc1.COc1ccc(COc2c(-c3cnn(C(F)F)c3)nnc(C(F)(F)F)c2C)cc1.[Na+].[OH-]. The van der Waals surface area contributed by atoms with E-state index in [9.17, 15) is 43.9 Å². The Bertz CT molecular complexity index is 2220. The predicted octanol–water partition coefficient (Wildman–Crippen LogP) is 5.67. The van der Waals surface area contributed by atoms with Crippen molar-refractivity contribution in [2.45, 2.75) is 52.4 Å². The van der Waals surface area contributed by atoms with Crippen LogP contribution in [0.2, 0.25) is 6.82 Å². The number of methoxy groups -OCH3 is 2. The second kappa shape index (κ2) is 24.3. The van der Waals surface area contributed by atoms with Crippen LogP contribution in [0, 0.1) is 6.92 Å². The Balaban J connectivity index is 0.000000395. The van der Waals surface area contributed by atoms with Gasteiger partial charge < -0.3 is 34.5 Å². The van der Waals surface area contributed by atoms with Crippen molar-refractivity contribution in [2.24, 2.45) is 0 Å². The molecule has 0 aliphatic carbocycles. The summed E-state index contributed by atoms with van der Waals surface area (Å²) >= 11 is 2.85. The van der Waals surface area contributed by atoms with Crippen molar-refractivity contribution in [3.05, 3.63) is 106 Å². The fourth-order valence-corrected chi connectivity index (χ4v) is 5.54. The average molecular weight is 993 g/mol. The number of rotatable bonds is 12. The minimum atomic E-state index is -4.80. The number of benzene rings is 2. The van der Waals surface area contributed by atoms with E-state index >= 15 is 0 Å². The number of hydrogen-bond acceptors (Lipinski definition) is 13. The van der Waals surface area contributed by atoms with Gasteiger partial charge in [-0.3, -0.25) is 0 Å². The molecular formula is C36H33BBrF10N8NaO7. The van der Waals surface area contributed by atoms with Crippen LogP contribution in [-0.2, 0) is 25.6 Å². The average Bonchev–Trinajstić information content (AvgIpc) is 3.91. The van der Waals surface area contributed by atoms with Crippen LogP contribution < -0.4 is 48.5 Å². The van der Waals surface area contributed by atoms with Crippen LogP contribution in [0.3, 0.4) is 0 Å². The fourth-order valence-electron chi connectivity index (χ4n) is 4.93. The van der Waals surface area contributed by atoms with Crippen molar-refractivity contribution in [1.29, 1.82) is 0 Å². The summed E-state index contributed by atoms with van der Waals surface area (Å²) in [5, 5.41) is 35.7. The third-order valence-corrected chi connectivity index (χ3v) is 8.54. The molecule has 0 aliphatic heterocycles. The number of halogens is 11. The second-order valence-corrected chi connectivity index (χ2v) is 13.1. The molecule has 0 spiro atoms. The first-order chi connectivity index (χ1) is 29.1. The first kappa shape index (κ1) is 55.1. The molecule has 6 rings (SSSR count). The molecule has 0 saturated heterocycles. The van der Waals surface area contributed by atoms with Gasteiger partial charge in [0.15, 0.2) is 22.9 Å². The van der Waals surface area contributed by atoms with E-state index in [1.54, 1.807) is 48.5 Å². The van der Waals surface area contributed by atoms with Crippen LogP contribution in [-0.4, -0.2) is 76.8 Å². The van der Waals surface area contributed by atoms with Crippen molar-refractivity contribution in [3.63, 3.8) is 0 Å². The van der Waals surface area contributed by atoms with E-state index in [-0.39, 0.29) is 87.8 Å². The normalized spacial score (nSPS) is 11.0. The van der Waals surface area contributed by atoms with Crippen molar-refractivity contribution < 1.29 is 108 Å². The molecule has 0 unspecified atom stereocenters. The molecule has 0 bridgehead atoms. The molecule has 28 heteroatoms. The zero-order valence-corrected chi connectivity index (χ0v) is 37.4. The van der Waals surface area contributed by atoms with Crippen LogP contribution in [0.4, 0.5) is 43.9 Å². The molecule has 64 heavy (non-hydrogen) atoms. The maximum Gasteiger partial charge on any atom is 1.00 e. The van der Waals surface area contributed by atoms with Gasteiger partial charge in [0.2, 0.25) is 0 Å². The zero-order chi connectivity index (χ0) is 45.9. The van der Waals surface area contributed by atoms with Gasteiger partial charge in [-0.1, -0.05) is 24.3 Å².